The summed E-state index contributed by atoms with van der Waals surface area (Å²) in [5, 5.41) is 16.0. The number of hydrogen-bond acceptors (Lipinski definition) is 11. The van der Waals surface area contributed by atoms with E-state index >= 15 is 0 Å². The van der Waals surface area contributed by atoms with Gasteiger partial charge in [-0.25, -0.2) is 0 Å². The first-order chi connectivity index (χ1) is 17.7. The van der Waals surface area contributed by atoms with E-state index in [0.29, 0.717) is 0 Å². The molecule has 0 spiro atoms. The molecule has 0 unspecified atom stereocenters. The van der Waals surface area contributed by atoms with Crippen molar-refractivity contribution in [3.63, 3.8) is 0 Å². The van der Waals surface area contributed by atoms with Gasteiger partial charge in [0.15, 0.2) is 8.32 Å². The van der Waals surface area contributed by atoms with Crippen molar-refractivity contribution in [3.8, 4) is 0 Å². The standard InChI is InChI=1S/C9H27N3OSi2.C8H25N3OSi2.C6H19ClN2OSi2.CH4/c1-11(2)9-14(5,6)13-15(7,8)10-12(3)4;1-10(2)9-13(5,6)12-14(7,8)11(3)4;1-9(2)8-12(5,6)10-11(3,4)7;/h10H,9H2,1-8H3;9H,1-8H3;8H,1-6H3;1H4. The Morgan fingerprint density at radius 2 is 0.786 bits per heavy atom. The molecule has 42 heavy (non-hydrogen) atoms. The maximum atomic E-state index is 6.33. The van der Waals surface area contributed by atoms with Crippen LogP contribution < -0.4 is 15.3 Å². The summed E-state index contributed by atoms with van der Waals surface area (Å²) in [7, 11) is 9.85. The minimum atomic E-state index is -1.91. The molecule has 0 aromatic rings. The Kier molecular flexibility index (Phi) is 24.3. The fraction of sp³-hybridized carbons (Fsp3) is 1.00. The Hall–Kier alpha value is 1.15. The third-order valence-corrected chi connectivity index (χ3v) is 24.3. The zero-order valence-electron chi connectivity index (χ0n) is 31.0. The summed E-state index contributed by atoms with van der Waals surface area (Å²) in [5.41, 5.74) is 0. The molecule has 0 aromatic carbocycles. The average molecular weight is 728 g/mol. The van der Waals surface area contributed by atoms with Gasteiger partial charge in [0.1, 0.15) is 0 Å². The van der Waals surface area contributed by atoms with Gasteiger partial charge >= 0.3 is 0 Å². The molecule has 0 bridgehead atoms. The van der Waals surface area contributed by atoms with Crippen LogP contribution in [-0.4, -0.2) is 151 Å². The SMILES string of the molecule is C.CN(C)C[Si](C)(C)O[Si](C)(C)NN(C)C.CN(C)N[Si](C)(C)O[Si](C)(C)Cl.CN(C)N[Si](C)(C)O[Si](C)(C)N(C)C. The summed E-state index contributed by atoms with van der Waals surface area (Å²) in [6.07, 6.45) is 1.07. The van der Waals surface area contributed by atoms with Gasteiger partial charge in [-0.3, -0.25) is 30.3 Å². The van der Waals surface area contributed by atoms with Gasteiger partial charge in [-0.1, -0.05) is 7.43 Å². The van der Waals surface area contributed by atoms with E-state index in [4.69, 9.17) is 23.4 Å². The molecule has 0 atom stereocenters. The molecule has 0 rings (SSSR count). The van der Waals surface area contributed by atoms with E-state index in [-0.39, 0.29) is 7.43 Å². The van der Waals surface area contributed by atoms with Crippen LogP contribution in [0.1, 0.15) is 7.43 Å². The minimum absolute atomic E-state index is 0. The Morgan fingerprint density at radius 3 is 1.02 bits per heavy atom. The first-order valence-electron chi connectivity index (χ1n) is 14.2. The molecule has 0 saturated carbocycles. The molecule has 0 fully saturated rings. The van der Waals surface area contributed by atoms with Crippen molar-refractivity contribution in [2.75, 3.05) is 76.6 Å². The van der Waals surface area contributed by atoms with Crippen LogP contribution in [-0.2, 0) is 12.3 Å². The lowest BCUT2D eigenvalue weighted by atomic mass is 11.0. The number of nitrogens with zero attached hydrogens (tertiary/aromatic N) is 5. The van der Waals surface area contributed by atoms with Crippen LogP contribution in [0.3, 0.4) is 0 Å². The normalized spacial score (nSPS) is 13.7. The number of hydrazine groups is 3. The number of hydrogen-bond donors (Lipinski definition) is 3. The lowest BCUT2D eigenvalue weighted by molar-refractivity contribution is 0.320. The number of rotatable bonds is 15. The highest BCUT2D eigenvalue weighted by Crippen LogP contribution is 2.16. The molecule has 0 amide bonds. The van der Waals surface area contributed by atoms with Gasteiger partial charge in [0, 0.05) is 48.5 Å². The van der Waals surface area contributed by atoms with Gasteiger partial charge in [-0.2, -0.15) is 0 Å². The monoisotopic (exact) mass is 726 g/mol. The van der Waals surface area contributed by atoms with Crippen molar-refractivity contribution < 1.29 is 12.3 Å². The molecular weight excluding hydrogens is 652 g/mol. The zero-order chi connectivity index (χ0) is 33.8. The molecule has 0 aliphatic rings. The van der Waals surface area contributed by atoms with Crippen molar-refractivity contribution in [1.29, 1.82) is 0 Å². The van der Waals surface area contributed by atoms with E-state index in [0.717, 1.165) is 6.17 Å². The van der Waals surface area contributed by atoms with E-state index in [2.05, 4.69) is 118 Å². The molecule has 0 aromatic heterocycles. The predicted molar refractivity (Wildman–Crippen MR) is 203 cm³/mol. The highest BCUT2D eigenvalue weighted by Gasteiger charge is 2.36. The fourth-order valence-electron chi connectivity index (χ4n) is 4.49. The van der Waals surface area contributed by atoms with Crippen LogP contribution in [0.5, 0.6) is 0 Å². The Balaban J connectivity index is -0.000000256. The number of halogens is 1. The molecule has 0 aliphatic carbocycles. The summed E-state index contributed by atoms with van der Waals surface area (Å²) >= 11 is 6.09. The van der Waals surface area contributed by atoms with E-state index < -0.39 is 49.9 Å². The van der Waals surface area contributed by atoms with Gasteiger partial charge in [0.2, 0.25) is 0 Å². The second-order valence-electron chi connectivity index (χ2n) is 14.6. The van der Waals surface area contributed by atoms with Crippen LogP contribution in [0.4, 0.5) is 0 Å². The van der Waals surface area contributed by atoms with Gasteiger partial charge in [0.05, 0.1) is 0 Å². The molecule has 0 radical (unpaired) electrons. The quantitative estimate of drug-likeness (QED) is 0.127. The van der Waals surface area contributed by atoms with Crippen molar-refractivity contribution in [2.24, 2.45) is 0 Å². The van der Waals surface area contributed by atoms with Crippen LogP contribution in [0.2, 0.25) is 78.6 Å². The number of nitrogens with one attached hydrogen (secondary N) is 3. The highest BCUT2D eigenvalue weighted by molar-refractivity contribution is 7.17. The zero-order valence-corrected chi connectivity index (χ0v) is 37.8. The Labute approximate surface area is 274 Å². The summed E-state index contributed by atoms with van der Waals surface area (Å²) in [6, 6.07) is 0. The predicted octanol–water partition coefficient (Wildman–Crippen LogP) is 4.46. The second kappa shape index (κ2) is 20.4. The first-order valence-corrected chi connectivity index (χ1v) is 32.8. The third-order valence-electron chi connectivity index (χ3n) is 4.79. The molecule has 0 heterocycles. The van der Waals surface area contributed by atoms with Crippen molar-refractivity contribution in [1.82, 2.24) is 39.8 Å². The second-order valence-corrected chi connectivity index (χ2v) is 39.8. The smallest absolute Gasteiger partial charge is 0.274 e. The van der Waals surface area contributed by atoms with Gasteiger partial charge in [0.25, 0.3) is 41.5 Å². The van der Waals surface area contributed by atoms with Crippen LogP contribution >= 0.6 is 11.1 Å². The van der Waals surface area contributed by atoms with E-state index in [1.165, 1.54) is 0 Å². The van der Waals surface area contributed by atoms with Crippen LogP contribution in [0.15, 0.2) is 0 Å². The third kappa shape index (κ3) is 32.5. The van der Waals surface area contributed by atoms with Crippen LogP contribution in [0.25, 0.3) is 0 Å². The maximum absolute atomic E-state index is 6.33. The van der Waals surface area contributed by atoms with Crippen molar-refractivity contribution >= 4 is 60.9 Å². The first kappa shape index (κ1) is 50.0. The minimum Gasteiger partial charge on any atom is -0.443 e. The maximum Gasteiger partial charge on any atom is 0.274 e. The Morgan fingerprint density at radius 1 is 0.500 bits per heavy atom. The van der Waals surface area contributed by atoms with E-state index in [9.17, 15) is 0 Å². The largest absolute Gasteiger partial charge is 0.443 e. The molecule has 0 saturated heterocycles. The molecule has 0 aliphatic heterocycles. The molecule has 260 valence electrons. The van der Waals surface area contributed by atoms with E-state index in [1.807, 2.05) is 70.4 Å². The molecule has 3 N–H and O–H groups in total. The average Bonchev–Trinajstić information content (AvgIpc) is 2.52. The topological polar surface area (TPSA) is 80.0 Å². The summed E-state index contributed by atoms with van der Waals surface area (Å²) in [6.45, 7) is 26.0. The molecule has 18 heteroatoms. The lowest BCUT2D eigenvalue weighted by Gasteiger charge is -2.39. The summed E-state index contributed by atoms with van der Waals surface area (Å²) in [4.78, 5) is 2.21. The van der Waals surface area contributed by atoms with Gasteiger partial charge in [-0.05, 0) is 107 Å². The van der Waals surface area contributed by atoms with Crippen molar-refractivity contribution in [2.45, 2.75) is 86.0 Å². The fourth-order valence-corrected chi connectivity index (χ4v) is 27.9. The Bertz CT molecular complexity index is 692. The highest BCUT2D eigenvalue weighted by atomic mass is 35.6. The van der Waals surface area contributed by atoms with Crippen LogP contribution in [0, 0.1) is 0 Å². The lowest BCUT2D eigenvalue weighted by Crippen LogP contribution is -2.62. The van der Waals surface area contributed by atoms with Crippen molar-refractivity contribution in [3.05, 3.63) is 0 Å². The van der Waals surface area contributed by atoms with Gasteiger partial charge < -0.3 is 21.8 Å². The molecular formula is C24H75ClN8O3Si6. The molecule has 11 nitrogen and oxygen atoms in total. The van der Waals surface area contributed by atoms with Gasteiger partial charge in [-0.15, -0.1) is 11.1 Å². The summed E-state index contributed by atoms with van der Waals surface area (Å²) < 4.78 is 20.6. The van der Waals surface area contributed by atoms with E-state index in [1.54, 1.807) is 0 Å². The summed E-state index contributed by atoms with van der Waals surface area (Å²) in [5.74, 6) is 0.